The number of aromatic hydroxyl groups is 1. The predicted octanol–water partition coefficient (Wildman–Crippen LogP) is 4.62. The van der Waals surface area contributed by atoms with Crippen molar-refractivity contribution >= 4 is 45.5 Å². The van der Waals surface area contributed by atoms with Gasteiger partial charge in [-0.05, 0) is 62.6 Å². The lowest BCUT2D eigenvalue weighted by molar-refractivity contribution is -0.118. The lowest BCUT2D eigenvalue weighted by Crippen LogP contribution is -2.34. The Morgan fingerprint density at radius 1 is 1.06 bits per heavy atom. The van der Waals surface area contributed by atoms with Crippen LogP contribution >= 0.6 is 11.6 Å². The second kappa shape index (κ2) is 9.44. The molecule has 0 aliphatic rings. The average Bonchev–Trinajstić information content (AvgIpc) is 3.12. The molecule has 1 amide bonds. The number of benzene rings is 2. The number of halogens is 1. The Morgan fingerprint density at radius 3 is 2.42 bits per heavy atom. The minimum atomic E-state index is -0.00361. The molecule has 4 aromatic rings. The highest BCUT2D eigenvalue weighted by Crippen LogP contribution is 2.33. The Labute approximate surface area is 197 Å². The fraction of sp³-hybridized carbons (Fsp3) is 0.160. The maximum Gasteiger partial charge on any atom is 0.240 e. The number of likely N-dealkylation sites (N-methyl/N-ethyl adjacent to an activating group) is 2. The van der Waals surface area contributed by atoms with E-state index < -0.39 is 0 Å². The van der Waals surface area contributed by atoms with Gasteiger partial charge in [0.25, 0.3) is 0 Å². The van der Waals surface area contributed by atoms with Gasteiger partial charge in [-0.25, -0.2) is 4.99 Å². The number of anilines is 1. The molecule has 7 nitrogen and oxygen atoms in total. The van der Waals surface area contributed by atoms with Crippen molar-refractivity contribution in [2.45, 2.75) is 0 Å². The van der Waals surface area contributed by atoms with Crippen LogP contribution in [0.15, 0.2) is 72.0 Å². The average molecular weight is 462 g/mol. The maximum absolute atomic E-state index is 12.4. The summed E-state index contributed by atoms with van der Waals surface area (Å²) in [6.45, 7) is 0.326. The van der Waals surface area contributed by atoms with Crippen molar-refractivity contribution in [2.75, 3.05) is 32.6 Å². The second-order valence-corrected chi connectivity index (χ2v) is 8.38. The van der Waals surface area contributed by atoms with E-state index in [2.05, 4.69) is 9.97 Å². The van der Waals surface area contributed by atoms with E-state index in [1.165, 1.54) is 0 Å². The molecule has 0 atom stereocenters. The Morgan fingerprint density at radius 2 is 1.76 bits per heavy atom. The number of aromatic nitrogens is 2. The van der Waals surface area contributed by atoms with Crippen molar-refractivity contribution in [2.24, 2.45) is 4.99 Å². The van der Waals surface area contributed by atoms with E-state index in [9.17, 15) is 9.90 Å². The standard InChI is InChI=1S/C25H24ClN5O2/c1-30(2)15-22(32)31(3)19-7-5-18(6-8-19)28-24(16-10-12-27-13-11-16)23-20-9-4-17(26)14-21(20)29-25(23)33/h4-14,29,33H,15H2,1-3H3. The van der Waals surface area contributed by atoms with Gasteiger partial charge in [-0.2, -0.15) is 0 Å². The zero-order chi connectivity index (χ0) is 23.5. The van der Waals surface area contributed by atoms with Crippen LogP contribution in [0.1, 0.15) is 11.1 Å². The van der Waals surface area contributed by atoms with Crippen molar-refractivity contribution in [1.29, 1.82) is 0 Å². The van der Waals surface area contributed by atoms with E-state index in [0.29, 0.717) is 34.0 Å². The first kappa shape index (κ1) is 22.5. The molecule has 2 heterocycles. The van der Waals surface area contributed by atoms with E-state index in [1.54, 1.807) is 36.5 Å². The summed E-state index contributed by atoms with van der Waals surface area (Å²) < 4.78 is 0. The van der Waals surface area contributed by atoms with Crippen LogP contribution < -0.4 is 4.90 Å². The molecule has 0 aliphatic carbocycles. The molecule has 0 fully saturated rings. The van der Waals surface area contributed by atoms with Crippen LogP contribution in [0, 0.1) is 0 Å². The largest absolute Gasteiger partial charge is 0.494 e. The van der Waals surface area contributed by atoms with Gasteiger partial charge in [0.05, 0.1) is 29.0 Å². The number of hydrogen-bond acceptors (Lipinski definition) is 5. The number of H-pyrrole nitrogens is 1. The molecule has 2 aromatic heterocycles. The number of carbonyl (C=O) groups excluding carboxylic acids is 1. The first-order chi connectivity index (χ1) is 15.8. The fourth-order valence-electron chi connectivity index (χ4n) is 3.57. The molecule has 0 unspecified atom stereocenters. The zero-order valence-corrected chi connectivity index (χ0v) is 19.3. The monoisotopic (exact) mass is 461 g/mol. The topological polar surface area (TPSA) is 84.8 Å². The van der Waals surface area contributed by atoms with Gasteiger partial charge in [0.1, 0.15) is 0 Å². The Hall–Kier alpha value is -3.68. The number of nitrogens with one attached hydrogen (secondary N) is 1. The van der Waals surface area contributed by atoms with Crippen LogP contribution in [0.5, 0.6) is 5.88 Å². The van der Waals surface area contributed by atoms with Crippen molar-refractivity contribution < 1.29 is 9.90 Å². The van der Waals surface area contributed by atoms with Gasteiger partial charge in [-0.3, -0.25) is 9.78 Å². The zero-order valence-electron chi connectivity index (χ0n) is 18.6. The lowest BCUT2D eigenvalue weighted by Gasteiger charge is -2.19. The lowest BCUT2D eigenvalue weighted by atomic mass is 10.0. The Kier molecular flexibility index (Phi) is 6.44. The summed E-state index contributed by atoms with van der Waals surface area (Å²) in [4.78, 5) is 27.7. The summed E-state index contributed by atoms with van der Waals surface area (Å²) in [5.41, 5.74) is 4.15. The molecule has 0 saturated heterocycles. The third-order valence-electron chi connectivity index (χ3n) is 5.23. The molecule has 2 N–H and O–H groups in total. The van der Waals surface area contributed by atoms with Crippen LogP contribution in [-0.4, -0.2) is 59.3 Å². The predicted molar refractivity (Wildman–Crippen MR) is 133 cm³/mol. The minimum absolute atomic E-state index is 0.00361. The second-order valence-electron chi connectivity index (χ2n) is 7.94. The van der Waals surface area contributed by atoms with Gasteiger partial charge in [0.2, 0.25) is 5.91 Å². The van der Waals surface area contributed by atoms with E-state index >= 15 is 0 Å². The summed E-state index contributed by atoms with van der Waals surface area (Å²) in [7, 11) is 5.47. The van der Waals surface area contributed by atoms with Crippen molar-refractivity contribution in [3.8, 4) is 5.88 Å². The van der Waals surface area contributed by atoms with Gasteiger partial charge < -0.3 is 19.9 Å². The van der Waals surface area contributed by atoms with Crippen LogP contribution in [-0.2, 0) is 4.79 Å². The molecular weight excluding hydrogens is 438 g/mol. The Balaban J connectivity index is 1.77. The van der Waals surface area contributed by atoms with Crippen LogP contribution in [0.25, 0.3) is 10.9 Å². The number of amides is 1. The first-order valence-corrected chi connectivity index (χ1v) is 10.7. The van der Waals surface area contributed by atoms with Crippen molar-refractivity contribution in [3.05, 3.63) is 83.1 Å². The fourth-order valence-corrected chi connectivity index (χ4v) is 3.74. The Bertz CT molecular complexity index is 1310. The quantitative estimate of drug-likeness (QED) is 0.410. The summed E-state index contributed by atoms with van der Waals surface area (Å²) in [6.07, 6.45) is 3.37. The highest BCUT2D eigenvalue weighted by Gasteiger charge is 2.19. The van der Waals surface area contributed by atoms with E-state index in [0.717, 1.165) is 16.6 Å². The first-order valence-electron chi connectivity index (χ1n) is 10.3. The third-order valence-corrected chi connectivity index (χ3v) is 5.47. The number of aromatic amines is 1. The summed E-state index contributed by atoms with van der Waals surface area (Å²) in [6, 6.07) is 16.5. The number of nitrogens with zero attached hydrogens (tertiary/aromatic N) is 4. The molecule has 0 bridgehead atoms. The molecule has 0 spiro atoms. The molecule has 0 aliphatic heterocycles. The van der Waals surface area contributed by atoms with E-state index in [4.69, 9.17) is 16.6 Å². The summed E-state index contributed by atoms with van der Waals surface area (Å²) >= 11 is 6.13. The van der Waals surface area contributed by atoms with Gasteiger partial charge in [0.15, 0.2) is 5.88 Å². The van der Waals surface area contributed by atoms with Crippen LogP contribution in [0.4, 0.5) is 11.4 Å². The highest BCUT2D eigenvalue weighted by atomic mass is 35.5. The maximum atomic E-state index is 12.4. The molecule has 2 aromatic carbocycles. The van der Waals surface area contributed by atoms with Gasteiger partial charge in [-0.1, -0.05) is 17.7 Å². The van der Waals surface area contributed by atoms with E-state index in [1.807, 2.05) is 61.5 Å². The van der Waals surface area contributed by atoms with Gasteiger partial charge in [0, 0.05) is 41.1 Å². The van der Waals surface area contributed by atoms with Crippen molar-refractivity contribution in [1.82, 2.24) is 14.9 Å². The molecule has 8 heteroatoms. The molecule has 4 rings (SSSR count). The molecule has 0 saturated carbocycles. The van der Waals surface area contributed by atoms with Crippen molar-refractivity contribution in [3.63, 3.8) is 0 Å². The number of aliphatic imine (C=N–C) groups is 1. The SMILES string of the molecule is CN(C)CC(=O)N(C)c1ccc(N=C(c2ccncc2)c2c(O)[nH]c3cc(Cl)ccc23)cc1. The van der Waals surface area contributed by atoms with Crippen LogP contribution in [0.3, 0.4) is 0 Å². The third kappa shape index (κ3) is 4.89. The van der Waals surface area contributed by atoms with E-state index in [-0.39, 0.29) is 11.8 Å². The van der Waals surface area contributed by atoms with Gasteiger partial charge in [-0.15, -0.1) is 0 Å². The molecule has 168 valence electrons. The number of pyridine rings is 1. The highest BCUT2D eigenvalue weighted by molar-refractivity contribution is 6.31. The van der Waals surface area contributed by atoms with Gasteiger partial charge >= 0.3 is 0 Å². The summed E-state index contributed by atoms with van der Waals surface area (Å²) in [5.74, 6) is 0.00423. The normalized spacial score (nSPS) is 11.8. The number of fused-ring (bicyclic) bond motifs is 1. The smallest absolute Gasteiger partial charge is 0.240 e. The number of carbonyl (C=O) groups is 1. The molecular formula is C25H24ClN5O2. The summed E-state index contributed by atoms with van der Waals surface area (Å²) in [5, 5.41) is 12.1. The number of rotatable bonds is 6. The van der Waals surface area contributed by atoms with Crippen LogP contribution in [0.2, 0.25) is 5.02 Å². The molecule has 33 heavy (non-hydrogen) atoms. The molecule has 0 radical (unpaired) electrons. The number of hydrogen-bond donors (Lipinski definition) is 2. The minimum Gasteiger partial charge on any atom is -0.494 e.